The molecule has 0 aromatic heterocycles. The Morgan fingerprint density at radius 3 is 2.44 bits per heavy atom. The summed E-state index contributed by atoms with van der Waals surface area (Å²) in [5.74, 6) is -0.290. The first-order valence-corrected chi connectivity index (χ1v) is 6.89. The Morgan fingerprint density at radius 1 is 1.17 bits per heavy atom. The summed E-state index contributed by atoms with van der Waals surface area (Å²) < 4.78 is 13.7. The van der Waals surface area contributed by atoms with E-state index in [0.717, 1.165) is 14.7 Å². The smallest absolute Gasteiger partial charge is 0.124 e. The van der Waals surface area contributed by atoms with Crippen LogP contribution in [0, 0.1) is 9.39 Å². The van der Waals surface area contributed by atoms with Gasteiger partial charge in [0.15, 0.2) is 0 Å². The minimum atomic E-state index is -0.640. The molecule has 0 saturated carbocycles. The van der Waals surface area contributed by atoms with Gasteiger partial charge in [-0.3, -0.25) is 0 Å². The average molecular weight is 377 g/mol. The van der Waals surface area contributed by atoms with E-state index >= 15 is 0 Å². The van der Waals surface area contributed by atoms with Crippen LogP contribution in [0.5, 0.6) is 0 Å². The van der Waals surface area contributed by atoms with Crippen LogP contribution in [-0.4, -0.2) is 5.11 Å². The van der Waals surface area contributed by atoms with Crippen molar-refractivity contribution in [3.8, 4) is 0 Å². The summed E-state index contributed by atoms with van der Waals surface area (Å²) in [5, 5.41) is 10.8. The predicted octanol–water partition coefficient (Wildman–Crippen LogP) is 4.36. The molecule has 1 N–H and O–H groups in total. The number of halogens is 3. The summed E-state index contributed by atoms with van der Waals surface area (Å²) in [4.78, 5) is 0. The molecule has 0 aliphatic rings. The topological polar surface area (TPSA) is 20.2 Å². The molecule has 1 nitrogen and oxygen atoms in total. The normalized spacial score (nSPS) is 12.4. The van der Waals surface area contributed by atoms with Crippen molar-refractivity contribution in [2.24, 2.45) is 0 Å². The lowest BCUT2D eigenvalue weighted by Gasteiger charge is -2.13. The van der Waals surface area contributed by atoms with Crippen LogP contribution in [0.25, 0.3) is 0 Å². The molecule has 0 bridgehead atoms. The molecule has 18 heavy (non-hydrogen) atoms. The van der Waals surface area contributed by atoms with Crippen molar-refractivity contribution in [1.82, 2.24) is 0 Å². The van der Waals surface area contributed by atoms with E-state index in [4.69, 9.17) is 11.6 Å². The summed E-state index contributed by atoms with van der Waals surface area (Å²) in [5.41, 5.74) is 1.74. The molecule has 0 aliphatic carbocycles. The fourth-order valence-corrected chi connectivity index (χ4v) is 2.69. The predicted molar refractivity (Wildman–Crippen MR) is 79.2 cm³/mol. The van der Waals surface area contributed by atoms with Crippen LogP contribution in [-0.2, 0) is 6.42 Å². The zero-order valence-corrected chi connectivity index (χ0v) is 12.3. The van der Waals surface area contributed by atoms with E-state index in [2.05, 4.69) is 0 Å². The molecule has 4 heteroatoms. The molecule has 0 radical (unpaired) electrons. The monoisotopic (exact) mass is 376 g/mol. The molecule has 94 valence electrons. The zero-order chi connectivity index (χ0) is 13.1. The molecule has 0 spiro atoms. The molecule has 1 unspecified atom stereocenters. The van der Waals surface area contributed by atoms with Crippen molar-refractivity contribution in [1.29, 1.82) is 0 Å². The molecule has 0 fully saturated rings. The van der Waals surface area contributed by atoms with Gasteiger partial charge in [0.05, 0.1) is 6.10 Å². The van der Waals surface area contributed by atoms with Crippen molar-refractivity contribution in [3.05, 3.63) is 68.0 Å². The van der Waals surface area contributed by atoms with E-state index in [1.165, 1.54) is 12.1 Å². The molecule has 2 aromatic carbocycles. The summed E-state index contributed by atoms with van der Waals surface area (Å²) in [6, 6.07) is 11.7. The van der Waals surface area contributed by atoms with Gasteiger partial charge in [-0.2, -0.15) is 0 Å². The number of aliphatic hydroxyl groups is 1. The number of aliphatic hydroxyl groups excluding tert-OH is 1. The molecule has 1 atom stereocenters. The van der Waals surface area contributed by atoms with E-state index < -0.39 is 6.10 Å². The number of hydrogen-bond acceptors (Lipinski definition) is 1. The third-order valence-corrected chi connectivity index (χ3v) is 3.85. The lowest BCUT2D eigenvalue weighted by atomic mass is 10.0. The Balaban J connectivity index is 2.16. The summed E-state index contributed by atoms with van der Waals surface area (Å²) >= 11 is 7.83. The Morgan fingerprint density at radius 2 is 1.83 bits per heavy atom. The van der Waals surface area contributed by atoms with Crippen LogP contribution in [0.15, 0.2) is 42.5 Å². The molecule has 2 rings (SSSR count). The Bertz CT molecular complexity index is 542. The van der Waals surface area contributed by atoms with Gasteiger partial charge < -0.3 is 5.11 Å². The van der Waals surface area contributed by atoms with Crippen molar-refractivity contribution in [2.75, 3.05) is 0 Å². The fourth-order valence-electron chi connectivity index (χ4n) is 1.73. The first kappa shape index (κ1) is 13.8. The SMILES string of the molecule is OC(Cc1ccc(Cl)cc1)c1ccc(F)cc1I. The molecule has 0 aliphatic heterocycles. The number of hydrogen-bond donors (Lipinski definition) is 1. The van der Waals surface area contributed by atoms with Crippen LogP contribution in [0.4, 0.5) is 4.39 Å². The quantitative estimate of drug-likeness (QED) is 0.789. The molecule has 0 amide bonds. The van der Waals surface area contributed by atoms with Gasteiger partial charge in [-0.25, -0.2) is 4.39 Å². The highest BCUT2D eigenvalue weighted by Crippen LogP contribution is 2.24. The minimum Gasteiger partial charge on any atom is -0.388 e. The van der Waals surface area contributed by atoms with Crippen LogP contribution < -0.4 is 0 Å². The van der Waals surface area contributed by atoms with Crippen LogP contribution in [0.3, 0.4) is 0 Å². The lowest BCUT2D eigenvalue weighted by Crippen LogP contribution is -2.04. The molecule has 2 aromatic rings. The largest absolute Gasteiger partial charge is 0.388 e. The second-order valence-corrected chi connectivity index (χ2v) is 5.61. The summed E-state index contributed by atoms with van der Waals surface area (Å²) in [6.45, 7) is 0. The maximum atomic E-state index is 13.0. The average Bonchev–Trinajstić information content (AvgIpc) is 2.32. The van der Waals surface area contributed by atoms with Gasteiger partial charge in [0.2, 0.25) is 0 Å². The third-order valence-electron chi connectivity index (χ3n) is 2.66. The van der Waals surface area contributed by atoms with Crippen LogP contribution >= 0.6 is 34.2 Å². The second kappa shape index (κ2) is 5.99. The third kappa shape index (κ3) is 3.43. The maximum Gasteiger partial charge on any atom is 0.124 e. The zero-order valence-electron chi connectivity index (χ0n) is 9.41. The Labute approximate surface area is 124 Å². The number of benzene rings is 2. The molecule has 0 heterocycles. The van der Waals surface area contributed by atoms with Gasteiger partial charge in [0.25, 0.3) is 0 Å². The van der Waals surface area contributed by atoms with Gasteiger partial charge in [-0.15, -0.1) is 0 Å². The highest BCUT2D eigenvalue weighted by atomic mass is 127. The number of rotatable bonds is 3. The lowest BCUT2D eigenvalue weighted by molar-refractivity contribution is 0.177. The molecular weight excluding hydrogens is 366 g/mol. The van der Waals surface area contributed by atoms with Crippen molar-refractivity contribution >= 4 is 34.2 Å². The van der Waals surface area contributed by atoms with E-state index in [0.29, 0.717) is 11.4 Å². The Hall–Kier alpha value is -0.650. The van der Waals surface area contributed by atoms with Gasteiger partial charge in [0.1, 0.15) is 5.82 Å². The highest BCUT2D eigenvalue weighted by molar-refractivity contribution is 14.1. The van der Waals surface area contributed by atoms with E-state index in [9.17, 15) is 9.50 Å². The highest BCUT2D eigenvalue weighted by Gasteiger charge is 2.12. The van der Waals surface area contributed by atoms with Gasteiger partial charge >= 0.3 is 0 Å². The molecular formula is C14H11ClFIO. The van der Waals surface area contributed by atoms with Crippen LogP contribution in [0.2, 0.25) is 5.02 Å². The second-order valence-electron chi connectivity index (χ2n) is 4.01. The first-order chi connectivity index (χ1) is 8.56. The van der Waals surface area contributed by atoms with Crippen LogP contribution in [0.1, 0.15) is 17.2 Å². The summed E-state index contributed by atoms with van der Waals surface area (Å²) in [6.07, 6.45) is -0.155. The van der Waals surface area contributed by atoms with Gasteiger partial charge in [-0.05, 0) is 58.0 Å². The van der Waals surface area contributed by atoms with Crippen molar-refractivity contribution in [3.63, 3.8) is 0 Å². The fraction of sp³-hybridized carbons (Fsp3) is 0.143. The van der Waals surface area contributed by atoms with Gasteiger partial charge in [-0.1, -0.05) is 29.8 Å². The summed E-state index contributed by atoms with van der Waals surface area (Å²) in [7, 11) is 0. The first-order valence-electron chi connectivity index (χ1n) is 5.44. The van der Waals surface area contributed by atoms with E-state index in [-0.39, 0.29) is 5.82 Å². The molecule has 0 saturated heterocycles. The van der Waals surface area contributed by atoms with E-state index in [1.807, 2.05) is 34.7 Å². The standard InChI is InChI=1S/C14H11ClFIO/c15-10-3-1-9(2-4-10)7-14(18)12-6-5-11(16)8-13(12)17/h1-6,8,14,18H,7H2. The van der Waals surface area contributed by atoms with Crippen molar-refractivity contribution < 1.29 is 9.50 Å². The van der Waals surface area contributed by atoms with Gasteiger partial charge in [0, 0.05) is 15.0 Å². The van der Waals surface area contributed by atoms with E-state index in [1.54, 1.807) is 18.2 Å². The Kier molecular flexibility index (Phi) is 4.59. The minimum absolute atomic E-state index is 0.290. The van der Waals surface area contributed by atoms with Crippen molar-refractivity contribution in [2.45, 2.75) is 12.5 Å². The maximum absolute atomic E-state index is 13.0.